The predicted molar refractivity (Wildman–Crippen MR) is 76.5 cm³/mol. The molecule has 1 fully saturated rings. The van der Waals surface area contributed by atoms with Crippen molar-refractivity contribution in [3.8, 4) is 0 Å². The van der Waals surface area contributed by atoms with E-state index in [1.807, 2.05) is 0 Å². The lowest BCUT2D eigenvalue weighted by atomic mass is 10.2. The van der Waals surface area contributed by atoms with Gasteiger partial charge in [-0.25, -0.2) is 4.98 Å². The predicted octanol–water partition coefficient (Wildman–Crippen LogP) is 0.905. The van der Waals surface area contributed by atoms with Gasteiger partial charge in [-0.1, -0.05) is 6.92 Å². The maximum Gasteiger partial charge on any atom is 0.266 e. The molecule has 0 aromatic carbocycles. The molecule has 2 heterocycles. The fourth-order valence-corrected chi connectivity index (χ4v) is 2.89. The van der Waals surface area contributed by atoms with Gasteiger partial charge >= 0.3 is 0 Å². The van der Waals surface area contributed by atoms with Gasteiger partial charge < -0.3 is 9.88 Å². The number of anilines is 1. The molecule has 1 unspecified atom stereocenters. The van der Waals surface area contributed by atoms with E-state index >= 15 is 0 Å². The van der Waals surface area contributed by atoms with Crippen molar-refractivity contribution in [3.63, 3.8) is 0 Å². The van der Waals surface area contributed by atoms with Crippen LogP contribution in [0.3, 0.4) is 0 Å². The number of rotatable bonds is 2. The molecule has 5 nitrogen and oxygen atoms in total. The average molecular weight is 348 g/mol. The number of nitrogens with one attached hydrogen (secondary N) is 1. The van der Waals surface area contributed by atoms with Gasteiger partial charge in [-0.2, -0.15) is 0 Å². The Labute approximate surface area is 114 Å². The lowest BCUT2D eigenvalue weighted by Crippen LogP contribution is -2.52. The lowest BCUT2D eigenvalue weighted by molar-refractivity contribution is 0.199. The molecule has 0 spiro atoms. The number of halogens is 1. The maximum absolute atomic E-state index is 11.5. The minimum absolute atomic E-state index is 0.0545. The topological polar surface area (TPSA) is 52.2 Å². The highest BCUT2D eigenvalue weighted by molar-refractivity contribution is 14.1. The molecular formula is C11H17IN4O. The van der Waals surface area contributed by atoms with Crippen LogP contribution in [0.1, 0.15) is 13.8 Å². The molecular weight excluding hydrogens is 331 g/mol. The molecule has 0 bridgehead atoms. The van der Waals surface area contributed by atoms with Crippen LogP contribution in [0, 0.1) is 3.57 Å². The van der Waals surface area contributed by atoms with Crippen molar-refractivity contribution in [3.05, 3.63) is 20.3 Å². The highest BCUT2D eigenvalue weighted by Gasteiger charge is 2.24. The van der Waals surface area contributed by atoms with Crippen LogP contribution >= 0.6 is 22.6 Å². The SMILES string of the molecule is CCN1CCN(c2nc[nH]c(=O)c2I)CC1C. The zero-order valence-corrected chi connectivity index (χ0v) is 12.3. The molecule has 0 amide bonds. The third kappa shape index (κ3) is 2.62. The molecule has 94 valence electrons. The number of likely N-dealkylation sites (N-methyl/N-ethyl adjacent to an activating group) is 1. The van der Waals surface area contributed by atoms with Crippen LogP contribution in [0.5, 0.6) is 0 Å². The van der Waals surface area contributed by atoms with Crippen molar-refractivity contribution in [1.29, 1.82) is 0 Å². The van der Waals surface area contributed by atoms with Gasteiger partial charge in [0.05, 0.1) is 6.33 Å². The first kappa shape index (κ1) is 12.8. The summed E-state index contributed by atoms with van der Waals surface area (Å²) in [6, 6.07) is 0.505. The van der Waals surface area contributed by atoms with Crippen LogP contribution < -0.4 is 10.5 Å². The van der Waals surface area contributed by atoms with Crippen molar-refractivity contribution in [1.82, 2.24) is 14.9 Å². The average Bonchev–Trinajstić information content (AvgIpc) is 2.32. The van der Waals surface area contributed by atoms with E-state index in [2.05, 4.69) is 56.2 Å². The Morgan fingerprint density at radius 2 is 2.35 bits per heavy atom. The number of nitrogens with zero attached hydrogens (tertiary/aromatic N) is 3. The summed E-state index contributed by atoms with van der Waals surface area (Å²) in [5.74, 6) is 0.817. The molecule has 2 rings (SSSR count). The second kappa shape index (κ2) is 5.34. The van der Waals surface area contributed by atoms with Gasteiger partial charge in [0.15, 0.2) is 0 Å². The molecule has 6 heteroatoms. The van der Waals surface area contributed by atoms with Gasteiger partial charge in [-0.3, -0.25) is 9.69 Å². The zero-order valence-electron chi connectivity index (χ0n) is 10.1. The molecule has 1 N–H and O–H groups in total. The molecule has 1 aromatic heterocycles. The minimum atomic E-state index is -0.0545. The van der Waals surface area contributed by atoms with Crippen LogP contribution in [0.15, 0.2) is 11.1 Å². The highest BCUT2D eigenvalue weighted by atomic mass is 127. The minimum Gasteiger partial charge on any atom is -0.353 e. The van der Waals surface area contributed by atoms with Gasteiger partial charge in [0.2, 0.25) is 0 Å². The van der Waals surface area contributed by atoms with Gasteiger partial charge in [-0.05, 0) is 36.1 Å². The Hall–Kier alpha value is -0.630. The van der Waals surface area contributed by atoms with Crippen molar-refractivity contribution < 1.29 is 0 Å². The Bertz CT molecular complexity index is 447. The van der Waals surface area contributed by atoms with Crippen LogP contribution in [0.4, 0.5) is 5.82 Å². The Kier molecular flexibility index (Phi) is 4.03. The van der Waals surface area contributed by atoms with Crippen LogP contribution in [0.2, 0.25) is 0 Å². The molecule has 1 saturated heterocycles. The molecule has 17 heavy (non-hydrogen) atoms. The second-order valence-electron chi connectivity index (χ2n) is 4.29. The molecule has 1 atom stereocenters. The lowest BCUT2D eigenvalue weighted by Gasteiger charge is -2.40. The monoisotopic (exact) mass is 348 g/mol. The molecule has 1 aromatic rings. The number of piperazine rings is 1. The van der Waals surface area contributed by atoms with E-state index in [-0.39, 0.29) is 5.56 Å². The van der Waals surface area contributed by atoms with Crippen LogP contribution in [-0.4, -0.2) is 47.1 Å². The third-order valence-electron chi connectivity index (χ3n) is 3.25. The summed E-state index contributed by atoms with van der Waals surface area (Å²) >= 11 is 2.07. The summed E-state index contributed by atoms with van der Waals surface area (Å²) in [5.41, 5.74) is -0.0545. The molecule has 1 aliphatic heterocycles. The number of hydrogen-bond acceptors (Lipinski definition) is 4. The maximum atomic E-state index is 11.5. The van der Waals surface area contributed by atoms with Gasteiger partial charge in [0, 0.05) is 25.7 Å². The van der Waals surface area contributed by atoms with Crippen LogP contribution in [-0.2, 0) is 0 Å². The first-order valence-corrected chi connectivity index (χ1v) is 6.93. The van der Waals surface area contributed by atoms with Crippen molar-refractivity contribution in [2.75, 3.05) is 31.1 Å². The standard InChI is InChI=1S/C11H17IN4O/c1-3-15-4-5-16(6-8(15)2)10-9(12)11(17)14-7-13-10/h7-8H,3-6H2,1-2H3,(H,13,14,17). The normalized spacial score (nSPS) is 21.8. The van der Waals surface area contributed by atoms with Crippen LogP contribution in [0.25, 0.3) is 0 Å². The van der Waals surface area contributed by atoms with Crippen molar-refractivity contribution in [2.24, 2.45) is 0 Å². The van der Waals surface area contributed by atoms with E-state index in [4.69, 9.17) is 0 Å². The summed E-state index contributed by atoms with van der Waals surface area (Å²) < 4.78 is 0.683. The molecule has 1 aliphatic rings. The number of hydrogen-bond donors (Lipinski definition) is 1. The number of aromatic amines is 1. The van der Waals surface area contributed by atoms with Gasteiger partial charge in [-0.15, -0.1) is 0 Å². The van der Waals surface area contributed by atoms with E-state index < -0.39 is 0 Å². The van der Waals surface area contributed by atoms with Gasteiger partial charge in [0.25, 0.3) is 5.56 Å². The first-order chi connectivity index (χ1) is 8.13. The number of aromatic nitrogens is 2. The fraction of sp³-hybridized carbons (Fsp3) is 0.636. The Morgan fingerprint density at radius 3 is 3.00 bits per heavy atom. The first-order valence-electron chi connectivity index (χ1n) is 5.85. The summed E-state index contributed by atoms with van der Waals surface area (Å²) in [6.07, 6.45) is 1.48. The van der Waals surface area contributed by atoms with Crippen molar-refractivity contribution in [2.45, 2.75) is 19.9 Å². The quantitative estimate of drug-likeness (QED) is 0.808. The Balaban J connectivity index is 2.19. The Morgan fingerprint density at radius 1 is 1.59 bits per heavy atom. The zero-order chi connectivity index (χ0) is 12.4. The summed E-state index contributed by atoms with van der Waals surface area (Å²) in [6.45, 7) is 8.37. The van der Waals surface area contributed by atoms with Gasteiger partial charge in [0.1, 0.15) is 9.39 Å². The summed E-state index contributed by atoms with van der Waals surface area (Å²) in [4.78, 5) is 23.1. The van der Waals surface area contributed by atoms with E-state index in [9.17, 15) is 4.79 Å². The number of H-pyrrole nitrogens is 1. The van der Waals surface area contributed by atoms with Crippen molar-refractivity contribution >= 4 is 28.4 Å². The van der Waals surface area contributed by atoms with E-state index in [0.717, 1.165) is 32.0 Å². The molecule has 0 saturated carbocycles. The third-order valence-corrected chi connectivity index (χ3v) is 4.22. The summed E-state index contributed by atoms with van der Waals surface area (Å²) in [7, 11) is 0. The molecule has 0 radical (unpaired) electrons. The molecule has 0 aliphatic carbocycles. The smallest absolute Gasteiger partial charge is 0.266 e. The largest absolute Gasteiger partial charge is 0.353 e. The fourth-order valence-electron chi connectivity index (χ4n) is 2.25. The van der Waals surface area contributed by atoms with E-state index in [1.165, 1.54) is 6.33 Å². The summed E-state index contributed by atoms with van der Waals surface area (Å²) in [5, 5.41) is 0. The highest BCUT2D eigenvalue weighted by Crippen LogP contribution is 2.19. The van der Waals surface area contributed by atoms with E-state index in [0.29, 0.717) is 9.61 Å². The van der Waals surface area contributed by atoms with E-state index in [1.54, 1.807) is 0 Å². The second-order valence-corrected chi connectivity index (χ2v) is 5.37.